The van der Waals surface area contributed by atoms with Crippen molar-refractivity contribution in [2.75, 3.05) is 13.2 Å². The van der Waals surface area contributed by atoms with Gasteiger partial charge in [-0.05, 0) is 38.1 Å². The van der Waals surface area contributed by atoms with E-state index in [0.29, 0.717) is 19.0 Å². The average molecular weight is 261 g/mol. The lowest BCUT2D eigenvalue weighted by atomic mass is 10.2. The van der Waals surface area contributed by atoms with E-state index in [-0.39, 0.29) is 5.82 Å². The van der Waals surface area contributed by atoms with Crippen molar-refractivity contribution in [3.05, 3.63) is 30.1 Å². The van der Waals surface area contributed by atoms with Gasteiger partial charge in [-0.3, -0.25) is 5.10 Å². The maximum atomic E-state index is 11.5. The molecule has 1 heterocycles. The molecule has 0 radical (unpaired) electrons. The van der Waals surface area contributed by atoms with Gasteiger partial charge in [-0.15, -0.1) is 0 Å². The Hall–Kier alpha value is -2.37. The molecule has 0 aliphatic heterocycles. The first-order chi connectivity index (χ1) is 9.24. The number of rotatable bonds is 5. The molecule has 0 aliphatic rings. The van der Waals surface area contributed by atoms with E-state index in [1.54, 1.807) is 6.92 Å². The maximum absolute atomic E-state index is 11.5. The second-order valence-electron chi connectivity index (χ2n) is 3.69. The molecule has 1 aromatic carbocycles. The average Bonchev–Trinajstić information content (AvgIpc) is 2.90. The van der Waals surface area contributed by atoms with Gasteiger partial charge < -0.3 is 9.47 Å². The zero-order chi connectivity index (χ0) is 13.7. The number of aromatic nitrogens is 3. The molecule has 0 saturated carbocycles. The number of carbonyl (C=O) groups excluding carboxylic acids is 1. The van der Waals surface area contributed by atoms with Gasteiger partial charge in [0.2, 0.25) is 5.82 Å². The molecule has 0 aliphatic carbocycles. The number of H-pyrrole nitrogens is 1. The molecule has 0 bridgehead atoms. The third-order valence-corrected chi connectivity index (χ3v) is 2.38. The highest BCUT2D eigenvalue weighted by molar-refractivity contribution is 5.85. The molecule has 1 aromatic heterocycles. The van der Waals surface area contributed by atoms with Crippen LogP contribution in [0.4, 0.5) is 0 Å². The molecule has 0 saturated heterocycles. The van der Waals surface area contributed by atoms with Crippen LogP contribution in [0.1, 0.15) is 24.5 Å². The molecule has 0 spiro atoms. The summed E-state index contributed by atoms with van der Waals surface area (Å²) in [5.41, 5.74) is 0.801. The van der Waals surface area contributed by atoms with E-state index in [0.717, 1.165) is 11.3 Å². The van der Waals surface area contributed by atoms with Crippen molar-refractivity contribution < 1.29 is 14.3 Å². The van der Waals surface area contributed by atoms with Crippen LogP contribution in [-0.2, 0) is 4.74 Å². The van der Waals surface area contributed by atoms with Crippen molar-refractivity contribution in [2.45, 2.75) is 13.8 Å². The fourth-order valence-corrected chi connectivity index (χ4v) is 1.55. The predicted octanol–water partition coefficient (Wildman–Crippen LogP) is 2.05. The second kappa shape index (κ2) is 5.99. The minimum absolute atomic E-state index is 0.103. The SMILES string of the molecule is CCOC(=O)c1nc(-c2ccc(OCC)cc2)n[nH]1. The third kappa shape index (κ3) is 3.09. The number of aromatic amines is 1. The Morgan fingerprint density at radius 1 is 1.21 bits per heavy atom. The van der Waals surface area contributed by atoms with Gasteiger partial charge in [-0.2, -0.15) is 5.10 Å². The number of hydrogen-bond acceptors (Lipinski definition) is 5. The second-order valence-corrected chi connectivity index (χ2v) is 3.69. The normalized spacial score (nSPS) is 10.2. The number of benzene rings is 1. The van der Waals surface area contributed by atoms with E-state index < -0.39 is 5.97 Å². The predicted molar refractivity (Wildman–Crippen MR) is 68.9 cm³/mol. The molecule has 0 unspecified atom stereocenters. The Bertz CT molecular complexity index is 549. The minimum atomic E-state index is -0.507. The highest BCUT2D eigenvalue weighted by Crippen LogP contribution is 2.19. The first kappa shape index (κ1) is 13.1. The van der Waals surface area contributed by atoms with Gasteiger partial charge >= 0.3 is 5.97 Å². The van der Waals surface area contributed by atoms with Gasteiger partial charge in [0.15, 0.2) is 5.82 Å². The Kier molecular flexibility index (Phi) is 4.12. The topological polar surface area (TPSA) is 77.1 Å². The van der Waals surface area contributed by atoms with Crippen LogP contribution in [-0.4, -0.2) is 34.4 Å². The van der Waals surface area contributed by atoms with Crippen molar-refractivity contribution in [1.82, 2.24) is 15.2 Å². The van der Waals surface area contributed by atoms with E-state index >= 15 is 0 Å². The fraction of sp³-hybridized carbons (Fsp3) is 0.308. The molecule has 19 heavy (non-hydrogen) atoms. The Labute approximate surface area is 110 Å². The van der Waals surface area contributed by atoms with Crippen LogP contribution >= 0.6 is 0 Å². The molecule has 1 N–H and O–H groups in total. The lowest BCUT2D eigenvalue weighted by molar-refractivity contribution is 0.0512. The van der Waals surface area contributed by atoms with Crippen LogP contribution in [0, 0.1) is 0 Å². The Morgan fingerprint density at radius 2 is 1.95 bits per heavy atom. The number of hydrogen-bond donors (Lipinski definition) is 1. The monoisotopic (exact) mass is 261 g/mol. The maximum Gasteiger partial charge on any atom is 0.375 e. The quantitative estimate of drug-likeness (QED) is 0.833. The summed E-state index contributed by atoms with van der Waals surface area (Å²) in [7, 11) is 0. The summed E-state index contributed by atoms with van der Waals surface area (Å²) in [6.45, 7) is 4.58. The van der Waals surface area contributed by atoms with E-state index in [1.165, 1.54) is 0 Å². The number of carbonyl (C=O) groups is 1. The van der Waals surface area contributed by atoms with E-state index in [1.807, 2.05) is 31.2 Å². The van der Waals surface area contributed by atoms with Crippen LogP contribution in [0.15, 0.2) is 24.3 Å². The molecular weight excluding hydrogens is 246 g/mol. The van der Waals surface area contributed by atoms with Crippen molar-refractivity contribution in [2.24, 2.45) is 0 Å². The van der Waals surface area contributed by atoms with Crippen molar-refractivity contribution in [3.63, 3.8) is 0 Å². The Morgan fingerprint density at radius 3 is 2.58 bits per heavy atom. The molecule has 2 aromatic rings. The lowest BCUT2D eigenvalue weighted by Crippen LogP contribution is -2.06. The zero-order valence-electron chi connectivity index (χ0n) is 10.8. The van der Waals surface area contributed by atoms with E-state index in [2.05, 4.69) is 15.2 Å². The van der Waals surface area contributed by atoms with Crippen LogP contribution in [0.2, 0.25) is 0 Å². The van der Waals surface area contributed by atoms with Gasteiger partial charge in [-0.25, -0.2) is 9.78 Å². The lowest BCUT2D eigenvalue weighted by Gasteiger charge is -2.02. The van der Waals surface area contributed by atoms with Crippen molar-refractivity contribution in [3.8, 4) is 17.1 Å². The van der Waals surface area contributed by atoms with Gasteiger partial charge in [0, 0.05) is 5.56 Å². The first-order valence-electron chi connectivity index (χ1n) is 6.07. The van der Waals surface area contributed by atoms with Crippen molar-refractivity contribution >= 4 is 5.97 Å². The molecular formula is C13H15N3O3. The summed E-state index contributed by atoms with van der Waals surface area (Å²) in [4.78, 5) is 15.5. The standard InChI is InChI=1S/C13H15N3O3/c1-3-18-10-7-5-9(6-8-10)11-14-12(16-15-11)13(17)19-4-2/h5-8H,3-4H2,1-2H3,(H,14,15,16). The van der Waals surface area contributed by atoms with Crippen LogP contribution in [0.3, 0.4) is 0 Å². The number of esters is 1. The summed E-state index contributed by atoms with van der Waals surface area (Å²) in [6, 6.07) is 7.34. The summed E-state index contributed by atoms with van der Waals surface area (Å²) >= 11 is 0. The molecule has 6 nitrogen and oxygen atoms in total. The van der Waals surface area contributed by atoms with Gasteiger partial charge in [0.25, 0.3) is 0 Å². The fourth-order valence-electron chi connectivity index (χ4n) is 1.55. The van der Waals surface area contributed by atoms with Crippen LogP contribution in [0.25, 0.3) is 11.4 Å². The largest absolute Gasteiger partial charge is 0.494 e. The number of nitrogens with one attached hydrogen (secondary N) is 1. The summed E-state index contributed by atoms with van der Waals surface area (Å²) < 4.78 is 10.2. The van der Waals surface area contributed by atoms with Gasteiger partial charge in [-0.1, -0.05) is 0 Å². The molecule has 0 amide bonds. The summed E-state index contributed by atoms with van der Waals surface area (Å²) in [5, 5.41) is 6.55. The number of nitrogens with zero attached hydrogens (tertiary/aromatic N) is 2. The van der Waals surface area contributed by atoms with E-state index in [4.69, 9.17) is 9.47 Å². The molecule has 0 fully saturated rings. The van der Waals surface area contributed by atoms with E-state index in [9.17, 15) is 4.79 Å². The summed E-state index contributed by atoms with van der Waals surface area (Å²) in [6.07, 6.45) is 0. The van der Waals surface area contributed by atoms with Crippen molar-refractivity contribution in [1.29, 1.82) is 0 Å². The van der Waals surface area contributed by atoms with Gasteiger partial charge in [0.1, 0.15) is 5.75 Å². The van der Waals surface area contributed by atoms with Gasteiger partial charge in [0.05, 0.1) is 13.2 Å². The highest BCUT2D eigenvalue weighted by Gasteiger charge is 2.13. The molecule has 100 valence electrons. The van der Waals surface area contributed by atoms with Crippen LogP contribution in [0.5, 0.6) is 5.75 Å². The Balaban J connectivity index is 2.15. The zero-order valence-corrected chi connectivity index (χ0v) is 10.8. The third-order valence-electron chi connectivity index (χ3n) is 2.38. The molecule has 2 rings (SSSR count). The molecule has 6 heteroatoms. The minimum Gasteiger partial charge on any atom is -0.494 e. The number of ether oxygens (including phenoxy) is 2. The molecule has 0 atom stereocenters. The first-order valence-corrected chi connectivity index (χ1v) is 6.07. The highest BCUT2D eigenvalue weighted by atomic mass is 16.5. The summed E-state index contributed by atoms with van der Waals surface area (Å²) in [5.74, 6) is 0.830. The smallest absolute Gasteiger partial charge is 0.375 e. The van der Waals surface area contributed by atoms with Crippen LogP contribution < -0.4 is 4.74 Å².